The van der Waals surface area contributed by atoms with Crippen LogP contribution in [-0.4, -0.2) is 35.6 Å². The highest BCUT2D eigenvalue weighted by atomic mass is 16.5. The number of nitriles is 1. The van der Waals surface area contributed by atoms with Gasteiger partial charge in [-0.15, -0.1) is 10.2 Å². The zero-order valence-corrected chi connectivity index (χ0v) is 13.4. The zero-order valence-electron chi connectivity index (χ0n) is 13.4. The standard InChI is InChI=1S/C17H12N8O/c18-10-15-17(21-22-19-15)12-5-4-8-14(9-12)26-11-16-20-23-24-25(16)13-6-2-1-3-7-13/h1-9H,11H2,(H,19,21,22). The first kappa shape index (κ1) is 15.5. The van der Waals surface area contributed by atoms with E-state index in [2.05, 4.69) is 30.9 Å². The maximum Gasteiger partial charge on any atom is 0.194 e. The number of aromatic nitrogens is 7. The summed E-state index contributed by atoms with van der Waals surface area (Å²) in [6.45, 7) is 0.190. The summed E-state index contributed by atoms with van der Waals surface area (Å²) in [4.78, 5) is 0. The fraction of sp³-hybridized carbons (Fsp3) is 0.0588. The lowest BCUT2D eigenvalue weighted by Gasteiger charge is -2.08. The predicted molar refractivity (Wildman–Crippen MR) is 90.0 cm³/mol. The van der Waals surface area contributed by atoms with Crippen LogP contribution >= 0.6 is 0 Å². The van der Waals surface area contributed by atoms with E-state index in [9.17, 15) is 0 Å². The highest BCUT2D eigenvalue weighted by Crippen LogP contribution is 2.24. The second-order valence-corrected chi connectivity index (χ2v) is 5.31. The van der Waals surface area contributed by atoms with Gasteiger partial charge in [0, 0.05) is 5.56 Å². The van der Waals surface area contributed by atoms with E-state index < -0.39 is 0 Å². The van der Waals surface area contributed by atoms with Crippen LogP contribution < -0.4 is 4.74 Å². The molecule has 0 saturated heterocycles. The molecule has 2 heterocycles. The van der Waals surface area contributed by atoms with Crippen LogP contribution in [0.5, 0.6) is 5.75 Å². The van der Waals surface area contributed by atoms with Crippen molar-refractivity contribution in [2.75, 3.05) is 0 Å². The van der Waals surface area contributed by atoms with Crippen LogP contribution in [0.4, 0.5) is 0 Å². The molecule has 0 aliphatic rings. The van der Waals surface area contributed by atoms with E-state index in [0.717, 1.165) is 11.3 Å². The summed E-state index contributed by atoms with van der Waals surface area (Å²) in [6.07, 6.45) is 0. The predicted octanol–water partition coefficient (Wildman–Crippen LogP) is 1.90. The summed E-state index contributed by atoms with van der Waals surface area (Å²) in [5.74, 6) is 1.18. The Labute approximate surface area is 147 Å². The molecule has 0 radical (unpaired) electrons. The summed E-state index contributed by atoms with van der Waals surface area (Å²) in [7, 11) is 0. The van der Waals surface area contributed by atoms with Gasteiger partial charge in [0.2, 0.25) is 0 Å². The lowest BCUT2D eigenvalue weighted by Crippen LogP contribution is -2.06. The van der Waals surface area contributed by atoms with Crippen molar-refractivity contribution in [1.82, 2.24) is 35.6 Å². The Bertz CT molecular complexity index is 1060. The van der Waals surface area contributed by atoms with Gasteiger partial charge in [0.1, 0.15) is 24.1 Å². The zero-order chi connectivity index (χ0) is 17.8. The fourth-order valence-electron chi connectivity index (χ4n) is 2.45. The Morgan fingerprint density at radius 1 is 1.08 bits per heavy atom. The summed E-state index contributed by atoms with van der Waals surface area (Å²) < 4.78 is 7.44. The lowest BCUT2D eigenvalue weighted by molar-refractivity contribution is 0.292. The largest absolute Gasteiger partial charge is 0.486 e. The number of H-pyrrole nitrogens is 1. The number of hydrogen-bond acceptors (Lipinski definition) is 7. The number of nitrogens with zero attached hydrogens (tertiary/aromatic N) is 7. The van der Waals surface area contributed by atoms with E-state index in [1.165, 1.54) is 0 Å². The normalized spacial score (nSPS) is 10.4. The van der Waals surface area contributed by atoms with E-state index in [-0.39, 0.29) is 6.61 Å². The smallest absolute Gasteiger partial charge is 0.194 e. The van der Waals surface area contributed by atoms with Gasteiger partial charge in [-0.25, -0.2) is 5.10 Å². The molecule has 26 heavy (non-hydrogen) atoms. The molecule has 0 spiro atoms. The van der Waals surface area contributed by atoms with Crippen LogP contribution in [-0.2, 0) is 6.61 Å². The van der Waals surface area contributed by atoms with Gasteiger partial charge in [-0.05, 0) is 34.7 Å². The number of hydrogen-bond donors (Lipinski definition) is 1. The molecule has 0 unspecified atom stereocenters. The monoisotopic (exact) mass is 344 g/mol. The fourth-order valence-corrected chi connectivity index (χ4v) is 2.45. The Kier molecular flexibility index (Phi) is 4.06. The minimum absolute atomic E-state index is 0.190. The number of nitrogens with one attached hydrogen (secondary N) is 1. The molecular weight excluding hydrogens is 332 g/mol. The van der Waals surface area contributed by atoms with Crippen LogP contribution in [0.3, 0.4) is 0 Å². The second kappa shape index (κ2) is 6.82. The third-order valence-corrected chi connectivity index (χ3v) is 3.67. The number of tetrazole rings is 1. The quantitative estimate of drug-likeness (QED) is 0.587. The molecule has 2 aromatic carbocycles. The van der Waals surface area contributed by atoms with Crippen LogP contribution in [0, 0.1) is 11.3 Å². The first-order valence-corrected chi connectivity index (χ1v) is 7.72. The number of para-hydroxylation sites is 1. The lowest BCUT2D eigenvalue weighted by atomic mass is 10.1. The van der Waals surface area contributed by atoms with Crippen molar-refractivity contribution in [3.05, 3.63) is 66.1 Å². The summed E-state index contributed by atoms with van der Waals surface area (Å²) in [5.41, 5.74) is 2.36. The third-order valence-electron chi connectivity index (χ3n) is 3.67. The molecule has 4 aromatic rings. The van der Waals surface area contributed by atoms with Crippen molar-refractivity contribution in [3.8, 4) is 28.8 Å². The molecule has 1 N–H and O–H groups in total. The van der Waals surface area contributed by atoms with E-state index in [1.807, 2.05) is 54.6 Å². The first-order valence-electron chi connectivity index (χ1n) is 7.72. The molecule has 4 rings (SSSR count). The van der Waals surface area contributed by atoms with Crippen LogP contribution in [0.1, 0.15) is 11.5 Å². The topological polar surface area (TPSA) is 118 Å². The van der Waals surface area contributed by atoms with Crippen molar-refractivity contribution in [2.45, 2.75) is 6.61 Å². The van der Waals surface area contributed by atoms with Crippen molar-refractivity contribution in [3.63, 3.8) is 0 Å². The van der Waals surface area contributed by atoms with Crippen molar-refractivity contribution in [2.24, 2.45) is 0 Å². The van der Waals surface area contributed by atoms with E-state index in [0.29, 0.717) is 23.0 Å². The Morgan fingerprint density at radius 3 is 2.81 bits per heavy atom. The molecule has 9 nitrogen and oxygen atoms in total. The van der Waals surface area contributed by atoms with Gasteiger partial charge in [0.15, 0.2) is 11.5 Å². The number of aromatic amines is 1. The molecule has 0 aliphatic carbocycles. The molecule has 9 heteroatoms. The maximum atomic E-state index is 9.09. The average molecular weight is 344 g/mol. The summed E-state index contributed by atoms with van der Waals surface area (Å²) >= 11 is 0. The second-order valence-electron chi connectivity index (χ2n) is 5.31. The number of benzene rings is 2. The van der Waals surface area contributed by atoms with Crippen LogP contribution in [0.15, 0.2) is 54.6 Å². The molecule has 0 aliphatic heterocycles. The average Bonchev–Trinajstić information content (AvgIpc) is 3.36. The van der Waals surface area contributed by atoms with E-state index in [4.69, 9.17) is 10.00 Å². The Hall–Kier alpha value is -4.06. The van der Waals surface area contributed by atoms with Gasteiger partial charge in [-0.2, -0.15) is 9.94 Å². The van der Waals surface area contributed by atoms with Gasteiger partial charge < -0.3 is 4.74 Å². The summed E-state index contributed by atoms with van der Waals surface area (Å²) in [5, 5.41) is 31.0. The molecule has 0 saturated carbocycles. The highest BCUT2D eigenvalue weighted by Gasteiger charge is 2.12. The minimum atomic E-state index is 0.190. The third kappa shape index (κ3) is 2.99. The molecule has 0 atom stereocenters. The van der Waals surface area contributed by atoms with Gasteiger partial charge in [0.25, 0.3) is 0 Å². The van der Waals surface area contributed by atoms with Gasteiger partial charge in [-0.3, -0.25) is 0 Å². The Balaban J connectivity index is 1.54. The highest BCUT2D eigenvalue weighted by molar-refractivity contribution is 5.65. The SMILES string of the molecule is N#Cc1[nH]nnc1-c1cccc(OCc2nnnn2-c2ccccc2)c1. The Morgan fingerprint density at radius 2 is 1.96 bits per heavy atom. The summed E-state index contributed by atoms with van der Waals surface area (Å²) in [6, 6.07) is 18.8. The molecular formula is C17H12N8O. The number of ether oxygens (including phenoxy) is 1. The van der Waals surface area contributed by atoms with Gasteiger partial charge >= 0.3 is 0 Å². The van der Waals surface area contributed by atoms with Gasteiger partial charge in [-0.1, -0.05) is 35.5 Å². The molecule has 126 valence electrons. The van der Waals surface area contributed by atoms with Crippen molar-refractivity contribution >= 4 is 0 Å². The maximum absolute atomic E-state index is 9.09. The first-order chi connectivity index (χ1) is 12.8. The van der Waals surface area contributed by atoms with Gasteiger partial charge in [0.05, 0.1) is 5.69 Å². The van der Waals surface area contributed by atoms with Crippen LogP contribution in [0.2, 0.25) is 0 Å². The minimum Gasteiger partial charge on any atom is -0.486 e. The van der Waals surface area contributed by atoms with Crippen molar-refractivity contribution < 1.29 is 4.74 Å². The number of rotatable bonds is 5. The molecule has 2 aromatic heterocycles. The molecule has 0 amide bonds. The molecule has 0 fully saturated rings. The van der Waals surface area contributed by atoms with Crippen molar-refractivity contribution in [1.29, 1.82) is 5.26 Å². The molecule has 0 bridgehead atoms. The van der Waals surface area contributed by atoms with E-state index in [1.54, 1.807) is 10.7 Å². The van der Waals surface area contributed by atoms with Crippen LogP contribution in [0.25, 0.3) is 16.9 Å². The van der Waals surface area contributed by atoms with E-state index >= 15 is 0 Å².